The number of anilines is 1. The summed E-state index contributed by atoms with van der Waals surface area (Å²) < 4.78 is 14.6. The minimum atomic E-state index is -0.366. The first-order valence-corrected chi connectivity index (χ1v) is 10.3. The fraction of sp³-hybridized carbons (Fsp3) is 0.364. The maximum atomic E-state index is 13.2. The van der Waals surface area contributed by atoms with Crippen LogP contribution in [-0.4, -0.2) is 49.7 Å². The van der Waals surface area contributed by atoms with Crippen molar-refractivity contribution in [1.82, 2.24) is 24.9 Å². The summed E-state index contributed by atoms with van der Waals surface area (Å²) >= 11 is 0. The summed E-state index contributed by atoms with van der Waals surface area (Å²) in [6, 6.07) is 7.47. The van der Waals surface area contributed by atoms with Gasteiger partial charge in [0.2, 0.25) is 0 Å². The van der Waals surface area contributed by atoms with Crippen LogP contribution in [0.5, 0.6) is 0 Å². The van der Waals surface area contributed by atoms with E-state index in [0.717, 1.165) is 12.1 Å². The smallest absolute Gasteiger partial charge is 0.274 e. The number of H-pyrrole nitrogens is 1. The van der Waals surface area contributed by atoms with Crippen LogP contribution in [0.15, 0.2) is 36.5 Å². The van der Waals surface area contributed by atoms with Crippen LogP contribution in [-0.2, 0) is 0 Å². The molecule has 3 N–H and O–H groups in total. The van der Waals surface area contributed by atoms with E-state index >= 15 is 0 Å². The third-order valence-corrected chi connectivity index (χ3v) is 5.66. The van der Waals surface area contributed by atoms with Crippen molar-refractivity contribution in [1.29, 1.82) is 0 Å². The van der Waals surface area contributed by atoms with Gasteiger partial charge in [-0.05, 0) is 49.1 Å². The maximum Gasteiger partial charge on any atom is 0.274 e. The molecular weight excluding hydrogens is 399 g/mol. The van der Waals surface area contributed by atoms with Crippen LogP contribution in [0.2, 0.25) is 0 Å². The Kier molecular flexibility index (Phi) is 5.58. The lowest BCUT2D eigenvalue weighted by Gasteiger charge is -2.31. The third kappa shape index (κ3) is 4.08. The number of Topliss-reactive ketones (excluding diaryl/α,β-unsaturated/α-hetero) is 1. The molecule has 31 heavy (non-hydrogen) atoms. The molecule has 3 aromatic rings. The molecule has 0 aliphatic carbocycles. The van der Waals surface area contributed by atoms with Crippen LogP contribution in [0.3, 0.4) is 0 Å². The minimum absolute atomic E-state index is 0.145. The molecule has 0 spiro atoms. The summed E-state index contributed by atoms with van der Waals surface area (Å²) in [5.41, 5.74) is 8.33. The average molecular weight is 424 g/mol. The predicted octanol–water partition coefficient (Wildman–Crippen LogP) is 3.18. The second-order valence-corrected chi connectivity index (χ2v) is 8.15. The van der Waals surface area contributed by atoms with Crippen molar-refractivity contribution in [3.8, 4) is 5.69 Å². The molecule has 0 saturated carbocycles. The highest BCUT2D eigenvalue weighted by atomic mass is 19.1. The lowest BCUT2D eigenvalue weighted by Crippen LogP contribution is -2.42. The fourth-order valence-electron chi connectivity index (χ4n) is 3.84. The van der Waals surface area contributed by atoms with Crippen LogP contribution in [0.1, 0.15) is 59.1 Å². The summed E-state index contributed by atoms with van der Waals surface area (Å²) in [6.07, 6.45) is 2.82. The number of nitrogens with one attached hydrogen (secondary N) is 1. The Balaban J connectivity index is 1.50. The topological polar surface area (TPSA) is 110 Å². The minimum Gasteiger partial charge on any atom is -0.383 e. The molecule has 1 aromatic carbocycles. The molecule has 2 aromatic heterocycles. The van der Waals surface area contributed by atoms with Gasteiger partial charge in [0.05, 0.1) is 17.4 Å². The molecule has 9 heteroatoms. The monoisotopic (exact) mass is 424 g/mol. The summed E-state index contributed by atoms with van der Waals surface area (Å²) in [5, 5.41) is 11.2. The predicted molar refractivity (Wildman–Crippen MR) is 114 cm³/mol. The largest absolute Gasteiger partial charge is 0.383 e. The van der Waals surface area contributed by atoms with Gasteiger partial charge >= 0.3 is 0 Å². The number of benzene rings is 1. The summed E-state index contributed by atoms with van der Waals surface area (Å²) in [4.78, 5) is 27.7. The van der Waals surface area contributed by atoms with Crippen LogP contribution >= 0.6 is 0 Å². The molecule has 0 unspecified atom stereocenters. The van der Waals surface area contributed by atoms with Crippen molar-refractivity contribution in [3.05, 3.63) is 59.3 Å². The van der Waals surface area contributed by atoms with E-state index in [4.69, 9.17) is 5.73 Å². The molecule has 162 valence electrons. The zero-order valence-electron chi connectivity index (χ0n) is 17.5. The van der Waals surface area contributed by atoms with Crippen molar-refractivity contribution in [2.75, 3.05) is 18.8 Å². The molecule has 8 nitrogen and oxygen atoms in total. The normalized spacial score (nSPS) is 16.6. The highest BCUT2D eigenvalue weighted by Crippen LogP contribution is 2.26. The van der Waals surface area contributed by atoms with Gasteiger partial charge in [-0.25, -0.2) is 9.07 Å². The highest BCUT2D eigenvalue weighted by molar-refractivity contribution is 6.02. The van der Waals surface area contributed by atoms with Gasteiger partial charge in [-0.15, -0.1) is 0 Å². The quantitative estimate of drug-likeness (QED) is 0.612. The Morgan fingerprint density at radius 1 is 1.26 bits per heavy atom. The Bertz CT molecular complexity index is 1100. The number of aromatic amines is 1. The molecule has 4 rings (SSSR count). The van der Waals surface area contributed by atoms with Crippen LogP contribution in [0.4, 0.5) is 10.2 Å². The molecule has 3 heterocycles. The Morgan fingerprint density at radius 2 is 2.00 bits per heavy atom. The van der Waals surface area contributed by atoms with Gasteiger partial charge in [-0.3, -0.25) is 14.7 Å². The second-order valence-electron chi connectivity index (χ2n) is 8.15. The first kappa shape index (κ1) is 20.8. The Hall–Kier alpha value is -3.49. The number of amides is 1. The summed E-state index contributed by atoms with van der Waals surface area (Å²) in [5.74, 6) is -0.618. The van der Waals surface area contributed by atoms with E-state index in [-0.39, 0.29) is 35.2 Å². The van der Waals surface area contributed by atoms with Gasteiger partial charge in [0, 0.05) is 24.7 Å². The van der Waals surface area contributed by atoms with Gasteiger partial charge in [-0.2, -0.15) is 10.2 Å². The number of nitrogens with two attached hydrogens (primary N) is 1. The Morgan fingerprint density at radius 3 is 2.68 bits per heavy atom. The third-order valence-electron chi connectivity index (χ3n) is 5.66. The molecule has 1 amide bonds. The number of carbonyl (C=O) groups excluding carboxylic acids is 2. The number of aromatic nitrogens is 4. The maximum absolute atomic E-state index is 13.2. The van der Waals surface area contributed by atoms with Crippen molar-refractivity contribution in [2.24, 2.45) is 5.92 Å². The van der Waals surface area contributed by atoms with Crippen LogP contribution < -0.4 is 5.73 Å². The molecule has 1 fully saturated rings. The van der Waals surface area contributed by atoms with Gasteiger partial charge in [0.15, 0.2) is 5.78 Å². The zero-order valence-corrected chi connectivity index (χ0v) is 17.5. The fourth-order valence-corrected chi connectivity index (χ4v) is 3.84. The lowest BCUT2D eigenvalue weighted by molar-refractivity contribution is 0.0632. The number of piperidine rings is 1. The molecular formula is C22H25FN6O2. The van der Waals surface area contributed by atoms with Gasteiger partial charge in [-0.1, -0.05) is 13.8 Å². The number of carbonyl (C=O) groups is 2. The first-order chi connectivity index (χ1) is 14.8. The van der Waals surface area contributed by atoms with Crippen molar-refractivity contribution in [2.45, 2.75) is 32.6 Å². The first-order valence-electron chi connectivity index (χ1n) is 10.3. The number of halogens is 1. The van der Waals surface area contributed by atoms with E-state index in [1.807, 2.05) is 13.8 Å². The van der Waals surface area contributed by atoms with Crippen LogP contribution in [0.25, 0.3) is 5.69 Å². The molecule has 0 radical (unpaired) electrons. The number of rotatable bonds is 5. The van der Waals surface area contributed by atoms with Crippen molar-refractivity contribution in [3.63, 3.8) is 0 Å². The molecule has 1 atom stereocenters. The van der Waals surface area contributed by atoms with Gasteiger partial charge < -0.3 is 10.6 Å². The standard InChI is InChI=1S/C22H25FN6O2/c1-13(2)18-10-19(27-26-18)22(31)28-9-3-4-14(12-28)20(30)17-11-25-29(21(17)24)16-7-5-15(23)6-8-16/h5-8,10-11,13-14H,3-4,9,12,24H2,1-2H3,(H,26,27)/t14-/m1/s1. The molecule has 0 bridgehead atoms. The van der Waals surface area contributed by atoms with E-state index in [9.17, 15) is 14.0 Å². The van der Waals surface area contributed by atoms with E-state index in [1.165, 1.54) is 23.0 Å². The Labute approximate surface area is 179 Å². The number of likely N-dealkylation sites (tertiary alicyclic amines) is 1. The zero-order chi connectivity index (χ0) is 22.1. The molecule has 1 saturated heterocycles. The van der Waals surface area contributed by atoms with E-state index in [2.05, 4.69) is 15.3 Å². The van der Waals surface area contributed by atoms with E-state index < -0.39 is 0 Å². The highest BCUT2D eigenvalue weighted by Gasteiger charge is 2.32. The molecule has 1 aliphatic heterocycles. The van der Waals surface area contributed by atoms with Gasteiger partial charge in [0.25, 0.3) is 5.91 Å². The number of ketones is 1. The van der Waals surface area contributed by atoms with E-state index in [1.54, 1.807) is 23.1 Å². The van der Waals surface area contributed by atoms with Crippen molar-refractivity contribution >= 4 is 17.5 Å². The summed E-state index contributed by atoms with van der Waals surface area (Å²) in [6.45, 7) is 4.93. The SMILES string of the molecule is CC(C)c1cc(C(=O)N2CCC[C@@H](C(=O)c3cnn(-c4ccc(F)cc4)c3N)C2)n[nH]1. The van der Waals surface area contributed by atoms with Crippen LogP contribution in [0, 0.1) is 11.7 Å². The number of hydrogen-bond donors (Lipinski definition) is 2. The summed E-state index contributed by atoms with van der Waals surface area (Å²) in [7, 11) is 0. The number of nitrogen functional groups attached to an aromatic ring is 1. The lowest BCUT2D eigenvalue weighted by atomic mass is 9.90. The number of nitrogens with zero attached hydrogens (tertiary/aromatic N) is 4. The average Bonchev–Trinajstić information content (AvgIpc) is 3.41. The second kappa shape index (κ2) is 8.33. The number of hydrogen-bond acceptors (Lipinski definition) is 5. The molecule has 1 aliphatic rings. The van der Waals surface area contributed by atoms with Gasteiger partial charge in [0.1, 0.15) is 17.3 Å². The van der Waals surface area contributed by atoms with Crippen molar-refractivity contribution < 1.29 is 14.0 Å². The van der Waals surface area contributed by atoms with E-state index in [0.29, 0.717) is 36.5 Å².